The van der Waals surface area contributed by atoms with Gasteiger partial charge in [0, 0.05) is 35.9 Å². The molecule has 9 heteroatoms. The van der Waals surface area contributed by atoms with E-state index in [0.717, 1.165) is 31.3 Å². The average molecular weight is 411 g/mol. The molecule has 2 heterocycles. The molecule has 0 radical (unpaired) electrons. The van der Waals surface area contributed by atoms with E-state index in [4.69, 9.17) is 21.4 Å². The van der Waals surface area contributed by atoms with E-state index in [2.05, 4.69) is 29.5 Å². The molecule has 0 aliphatic heterocycles. The molecule has 0 bridgehead atoms. The molecule has 0 saturated heterocycles. The second kappa shape index (κ2) is 8.35. The summed E-state index contributed by atoms with van der Waals surface area (Å²) in [5, 5.41) is 16.9. The minimum absolute atomic E-state index is 0.187. The number of imidazole rings is 1. The number of anilines is 3. The van der Waals surface area contributed by atoms with Crippen LogP contribution in [0.4, 0.5) is 17.5 Å². The van der Waals surface area contributed by atoms with Crippen molar-refractivity contribution >= 4 is 28.6 Å². The summed E-state index contributed by atoms with van der Waals surface area (Å²) in [6.07, 6.45) is 5.81. The number of phenols is 1. The van der Waals surface area contributed by atoms with Gasteiger partial charge >= 0.3 is 0 Å². The molecule has 0 amide bonds. The fourth-order valence-corrected chi connectivity index (χ4v) is 3.85. The first-order chi connectivity index (χ1) is 14.4. The van der Waals surface area contributed by atoms with Gasteiger partial charge in [-0.1, -0.05) is 0 Å². The van der Waals surface area contributed by atoms with Gasteiger partial charge in [-0.3, -0.25) is 0 Å². The number of hydrogen-bond donors (Lipinski definition) is 5. The van der Waals surface area contributed by atoms with E-state index >= 15 is 0 Å². The maximum atomic E-state index is 10.1. The van der Waals surface area contributed by atoms with Gasteiger partial charge < -0.3 is 31.8 Å². The van der Waals surface area contributed by atoms with E-state index < -0.39 is 0 Å². The zero-order valence-electron chi connectivity index (χ0n) is 17.5. The van der Waals surface area contributed by atoms with Crippen LogP contribution in [-0.2, 0) is 6.54 Å². The van der Waals surface area contributed by atoms with Gasteiger partial charge in [0.2, 0.25) is 5.95 Å². The first-order valence-corrected chi connectivity index (χ1v) is 10.5. The van der Waals surface area contributed by atoms with Crippen molar-refractivity contribution in [1.29, 1.82) is 0 Å². The Labute approximate surface area is 175 Å². The lowest BCUT2D eigenvalue weighted by Gasteiger charge is -2.27. The molecule has 4 rings (SSSR count). The zero-order valence-corrected chi connectivity index (χ0v) is 17.5. The Morgan fingerprint density at radius 1 is 1.20 bits per heavy atom. The van der Waals surface area contributed by atoms with Crippen LogP contribution in [0.15, 0.2) is 24.5 Å². The summed E-state index contributed by atoms with van der Waals surface area (Å²) in [4.78, 5) is 14.0. The van der Waals surface area contributed by atoms with Crippen LogP contribution in [0.2, 0.25) is 0 Å². The molecule has 1 aliphatic rings. The summed E-state index contributed by atoms with van der Waals surface area (Å²) in [7, 11) is 0. The molecule has 2 aromatic heterocycles. The van der Waals surface area contributed by atoms with Gasteiger partial charge in [-0.15, -0.1) is 0 Å². The molecule has 1 fully saturated rings. The van der Waals surface area contributed by atoms with Crippen LogP contribution >= 0.6 is 0 Å². The first kappa shape index (κ1) is 20.2. The lowest BCUT2D eigenvalue weighted by Crippen LogP contribution is -2.33. The van der Waals surface area contributed by atoms with Crippen LogP contribution in [0.1, 0.15) is 51.1 Å². The van der Waals surface area contributed by atoms with Gasteiger partial charge in [-0.25, -0.2) is 4.98 Å². The molecular formula is C21H30N8O. The monoisotopic (exact) mass is 410 g/mol. The molecule has 160 valence electrons. The summed E-state index contributed by atoms with van der Waals surface area (Å²) in [5.74, 6) is 1.38. The number of rotatable bonds is 6. The lowest BCUT2D eigenvalue weighted by atomic mass is 9.92. The number of nitrogens with two attached hydrogens (primary N) is 2. The minimum atomic E-state index is 0.187. The Kier molecular flexibility index (Phi) is 5.63. The maximum absolute atomic E-state index is 10.1. The van der Waals surface area contributed by atoms with Crippen molar-refractivity contribution in [2.75, 3.05) is 16.4 Å². The van der Waals surface area contributed by atoms with Crippen LogP contribution in [-0.4, -0.2) is 36.7 Å². The minimum Gasteiger partial charge on any atom is -0.508 e. The van der Waals surface area contributed by atoms with Crippen molar-refractivity contribution < 1.29 is 5.11 Å². The number of aromatic nitrogens is 4. The molecule has 0 unspecified atom stereocenters. The van der Waals surface area contributed by atoms with Crippen molar-refractivity contribution in [2.24, 2.45) is 5.73 Å². The number of nitrogen functional groups attached to an aromatic ring is 1. The Morgan fingerprint density at radius 3 is 2.70 bits per heavy atom. The van der Waals surface area contributed by atoms with Gasteiger partial charge in [0.1, 0.15) is 5.75 Å². The molecule has 30 heavy (non-hydrogen) atoms. The molecule has 1 aromatic carbocycles. The third-order valence-electron chi connectivity index (χ3n) is 5.63. The zero-order chi connectivity index (χ0) is 21.3. The Bertz CT molecular complexity index is 1020. The van der Waals surface area contributed by atoms with Gasteiger partial charge in [0.15, 0.2) is 17.0 Å². The topological polar surface area (TPSA) is 140 Å². The number of phenolic OH excluding ortho intramolecular Hbond substituents is 1. The third-order valence-corrected chi connectivity index (χ3v) is 5.63. The third kappa shape index (κ3) is 4.25. The summed E-state index contributed by atoms with van der Waals surface area (Å²) >= 11 is 0. The van der Waals surface area contributed by atoms with Gasteiger partial charge in [0.25, 0.3) is 0 Å². The molecule has 7 N–H and O–H groups in total. The highest BCUT2D eigenvalue weighted by atomic mass is 16.3. The number of benzene rings is 1. The number of aromatic hydroxyl groups is 1. The van der Waals surface area contributed by atoms with E-state index in [9.17, 15) is 5.11 Å². The largest absolute Gasteiger partial charge is 0.508 e. The fourth-order valence-electron chi connectivity index (χ4n) is 3.85. The Hall–Kier alpha value is -3.07. The summed E-state index contributed by atoms with van der Waals surface area (Å²) in [5.41, 5.74) is 14.7. The molecule has 1 saturated carbocycles. The second-order valence-corrected chi connectivity index (χ2v) is 8.31. The van der Waals surface area contributed by atoms with Crippen molar-refractivity contribution in [2.45, 2.75) is 64.2 Å². The summed E-state index contributed by atoms with van der Waals surface area (Å²) in [6.45, 7) is 4.56. The van der Waals surface area contributed by atoms with Gasteiger partial charge in [-0.05, 0) is 57.7 Å². The predicted molar refractivity (Wildman–Crippen MR) is 119 cm³/mol. The number of fused-ring (bicyclic) bond motifs is 1. The highest BCUT2D eigenvalue weighted by Gasteiger charge is 2.21. The SMILES string of the molecule is CC(C)n1cnc2c(NCc3cc(N)ccc3O)nc(NC3CCC(N)CC3)nc21. The van der Waals surface area contributed by atoms with Crippen molar-refractivity contribution in [3.05, 3.63) is 30.1 Å². The average Bonchev–Trinajstić information content (AvgIpc) is 3.14. The Balaban J connectivity index is 1.64. The van der Waals surface area contributed by atoms with Crippen LogP contribution in [0, 0.1) is 0 Å². The molecular weight excluding hydrogens is 380 g/mol. The molecule has 1 aliphatic carbocycles. The van der Waals surface area contributed by atoms with E-state index in [1.165, 1.54) is 0 Å². The van der Waals surface area contributed by atoms with Crippen LogP contribution in [0.5, 0.6) is 5.75 Å². The quantitative estimate of drug-likeness (QED) is 0.309. The smallest absolute Gasteiger partial charge is 0.227 e. The predicted octanol–water partition coefficient (Wildman–Crippen LogP) is 2.99. The van der Waals surface area contributed by atoms with Crippen LogP contribution < -0.4 is 22.1 Å². The first-order valence-electron chi connectivity index (χ1n) is 10.5. The number of nitrogens with one attached hydrogen (secondary N) is 2. The van der Waals surface area contributed by atoms with Crippen molar-refractivity contribution in [3.63, 3.8) is 0 Å². The summed E-state index contributed by atoms with van der Waals surface area (Å²) in [6, 6.07) is 5.83. The number of hydrogen-bond acceptors (Lipinski definition) is 8. The lowest BCUT2D eigenvalue weighted by molar-refractivity contribution is 0.410. The molecule has 3 aromatic rings. The van der Waals surface area contributed by atoms with Crippen LogP contribution in [0.3, 0.4) is 0 Å². The van der Waals surface area contributed by atoms with E-state index in [-0.39, 0.29) is 17.8 Å². The van der Waals surface area contributed by atoms with Crippen molar-refractivity contribution in [1.82, 2.24) is 19.5 Å². The van der Waals surface area contributed by atoms with Gasteiger partial charge in [0.05, 0.1) is 6.33 Å². The van der Waals surface area contributed by atoms with E-state index in [0.29, 0.717) is 41.1 Å². The van der Waals surface area contributed by atoms with Gasteiger partial charge in [-0.2, -0.15) is 9.97 Å². The normalized spacial score (nSPS) is 19.3. The molecule has 9 nitrogen and oxygen atoms in total. The standard InChI is InChI=1S/C21H30N8O/c1-12(2)29-11-25-18-19(24-10-13-9-15(23)5-8-17(13)30)27-21(28-20(18)29)26-16-6-3-14(22)4-7-16/h5,8-9,11-12,14,16,30H,3-4,6-7,10,22-23H2,1-2H3,(H2,24,26,27,28). The molecule has 0 atom stereocenters. The fraction of sp³-hybridized carbons (Fsp3) is 0.476. The number of nitrogens with zero attached hydrogens (tertiary/aromatic N) is 4. The highest BCUT2D eigenvalue weighted by molar-refractivity contribution is 5.84. The van der Waals surface area contributed by atoms with E-state index in [1.54, 1.807) is 24.5 Å². The van der Waals surface area contributed by atoms with Crippen molar-refractivity contribution in [3.8, 4) is 5.75 Å². The Morgan fingerprint density at radius 2 is 1.97 bits per heavy atom. The maximum Gasteiger partial charge on any atom is 0.227 e. The molecule has 0 spiro atoms. The van der Waals surface area contributed by atoms with E-state index in [1.807, 2.05) is 4.57 Å². The highest BCUT2D eigenvalue weighted by Crippen LogP contribution is 2.27. The summed E-state index contributed by atoms with van der Waals surface area (Å²) < 4.78 is 2.03. The second-order valence-electron chi connectivity index (χ2n) is 8.31. The van der Waals surface area contributed by atoms with Crippen LogP contribution in [0.25, 0.3) is 11.2 Å².